The van der Waals surface area contributed by atoms with Crippen molar-refractivity contribution in [1.29, 1.82) is 0 Å². The van der Waals surface area contributed by atoms with Crippen LogP contribution < -0.4 is 0 Å². The fourth-order valence-corrected chi connectivity index (χ4v) is 3.23. The van der Waals surface area contributed by atoms with Crippen molar-refractivity contribution in [3.8, 4) is 0 Å². The molecule has 0 spiro atoms. The number of rotatable bonds is 4. The third-order valence-electron chi connectivity index (χ3n) is 4.63. The Morgan fingerprint density at radius 2 is 2.04 bits per heavy atom. The molecule has 1 aliphatic heterocycles. The summed E-state index contributed by atoms with van der Waals surface area (Å²) in [5.74, 6) is -0.560. The third kappa shape index (κ3) is 3.46. The zero-order valence-corrected chi connectivity index (χ0v) is 15.7. The lowest BCUT2D eigenvalue weighted by Crippen LogP contribution is -2.34. The summed E-state index contributed by atoms with van der Waals surface area (Å²) in [7, 11) is 0. The second-order valence-electron chi connectivity index (χ2n) is 8.05. The molecule has 0 saturated heterocycles. The van der Waals surface area contributed by atoms with Crippen molar-refractivity contribution in [2.45, 2.75) is 65.7 Å². The second-order valence-corrected chi connectivity index (χ2v) is 8.05. The van der Waals surface area contributed by atoms with E-state index in [9.17, 15) is 9.90 Å². The summed E-state index contributed by atoms with van der Waals surface area (Å²) in [4.78, 5) is 13.6. The molecule has 0 radical (unpaired) electrons. The number of aromatic nitrogens is 4. The Labute approximate surface area is 148 Å². The van der Waals surface area contributed by atoms with Gasteiger partial charge in [0.15, 0.2) is 0 Å². The van der Waals surface area contributed by atoms with Gasteiger partial charge in [-0.1, -0.05) is 13.8 Å². The Balaban J connectivity index is 1.84. The predicted octanol–water partition coefficient (Wildman–Crippen LogP) is 2.67. The molecule has 3 heterocycles. The maximum Gasteiger partial charge on any atom is 0.339 e. The van der Waals surface area contributed by atoms with Gasteiger partial charge in [-0.15, -0.1) is 0 Å². The van der Waals surface area contributed by atoms with E-state index in [1.165, 1.54) is 11.8 Å². The van der Waals surface area contributed by atoms with Crippen LogP contribution in [0.5, 0.6) is 0 Å². The van der Waals surface area contributed by atoms with Crippen molar-refractivity contribution < 1.29 is 9.90 Å². The third-order valence-corrected chi connectivity index (χ3v) is 4.63. The number of hydrogen-bond acceptors (Lipinski definition) is 4. The van der Waals surface area contributed by atoms with Crippen LogP contribution in [0.3, 0.4) is 0 Å². The van der Waals surface area contributed by atoms with Crippen LogP contribution in [0.25, 0.3) is 0 Å². The molecule has 0 unspecified atom stereocenters. The van der Waals surface area contributed by atoms with E-state index in [0.717, 1.165) is 24.5 Å². The Morgan fingerprint density at radius 1 is 1.32 bits per heavy atom. The minimum absolute atomic E-state index is 0.0567. The molecule has 2 aromatic rings. The van der Waals surface area contributed by atoms with Gasteiger partial charge in [0.2, 0.25) is 0 Å². The first-order valence-electron chi connectivity index (χ1n) is 8.76. The van der Waals surface area contributed by atoms with Gasteiger partial charge < -0.3 is 5.11 Å². The molecule has 0 saturated carbocycles. The molecule has 1 aliphatic rings. The van der Waals surface area contributed by atoms with Gasteiger partial charge in [0.05, 0.1) is 29.7 Å². The molecule has 25 heavy (non-hydrogen) atoms. The van der Waals surface area contributed by atoms with E-state index in [4.69, 9.17) is 5.10 Å². The van der Waals surface area contributed by atoms with Crippen LogP contribution in [0, 0.1) is 0 Å². The lowest BCUT2D eigenvalue weighted by Gasteiger charge is -2.28. The maximum atomic E-state index is 11.4. The number of hydrogen-bond donors (Lipinski definition) is 1. The molecular weight excluding hydrogens is 318 g/mol. The molecule has 7 nitrogen and oxygen atoms in total. The highest BCUT2D eigenvalue weighted by atomic mass is 16.4. The van der Waals surface area contributed by atoms with E-state index in [2.05, 4.69) is 50.8 Å². The molecule has 1 N–H and O–H groups in total. The minimum Gasteiger partial charge on any atom is -0.478 e. The molecule has 0 amide bonds. The summed E-state index contributed by atoms with van der Waals surface area (Å²) in [6.45, 7) is 13.7. The van der Waals surface area contributed by atoms with Crippen molar-refractivity contribution >= 4 is 5.97 Å². The molecule has 136 valence electrons. The SMILES string of the molecule is CC(C)c1nn(C(C)(C)C)cc1CN1CCn2ncc(C(=O)O)c2C1. The van der Waals surface area contributed by atoms with Crippen LogP contribution in [0.15, 0.2) is 12.4 Å². The lowest BCUT2D eigenvalue weighted by molar-refractivity contribution is 0.0692. The molecule has 0 aromatic carbocycles. The number of nitrogens with zero attached hydrogens (tertiary/aromatic N) is 5. The number of aromatic carboxylic acids is 1. The topological polar surface area (TPSA) is 76.2 Å². The van der Waals surface area contributed by atoms with E-state index in [0.29, 0.717) is 24.6 Å². The number of carbonyl (C=O) groups is 1. The van der Waals surface area contributed by atoms with Gasteiger partial charge in [0.25, 0.3) is 0 Å². The van der Waals surface area contributed by atoms with E-state index >= 15 is 0 Å². The number of fused-ring (bicyclic) bond motifs is 1. The highest BCUT2D eigenvalue weighted by Crippen LogP contribution is 2.25. The normalized spacial score (nSPS) is 15.6. The Morgan fingerprint density at radius 3 is 2.64 bits per heavy atom. The summed E-state index contributed by atoms with van der Waals surface area (Å²) in [6.07, 6.45) is 3.59. The summed E-state index contributed by atoms with van der Waals surface area (Å²) in [5.41, 5.74) is 3.37. The van der Waals surface area contributed by atoms with E-state index < -0.39 is 5.97 Å². The average molecular weight is 345 g/mol. The first-order valence-corrected chi connectivity index (χ1v) is 8.76. The van der Waals surface area contributed by atoms with Gasteiger partial charge in [-0.3, -0.25) is 14.3 Å². The van der Waals surface area contributed by atoms with Gasteiger partial charge in [-0.05, 0) is 26.7 Å². The van der Waals surface area contributed by atoms with Crippen molar-refractivity contribution in [3.05, 3.63) is 34.9 Å². The fourth-order valence-electron chi connectivity index (χ4n) is 3.23. The fraction of sp³-hybridized carbons (Fsp3) is 0.611. The van der Waals surface area contributed by atoms with Crippen LogP contribution in [0.2, 0.25) is 0 Å². The standard InChI is InChI=1S/C18H27N5O2/c1-12(2)16-13(10-23(20-16)18(3,4)5)9-21-6-7-22-15(11-21)14(8-19-22)17(24)25/h8,10,12H,6-7,9,11H2,1-5H3,(H,24,25). The van der Waals surface area contributed by atoms with Gasteiger partial charge in [-0.2, -0.15) is 10.2 Å². The lowest BCUT2D eigenvalue weighted by atomic mass is 10.1. The van der Waals surface area contributed by atoms with Crippen LogP contribution in [-0.4, -0.2) is 42.1 Å². The van der Waals surface area contributed by atoms with Crippen molar-refractivity contribution in [3.63, 3.8) is 0 Å². The highest BCUT2D eigenvalue weighted by Gasteiger charge is 2.26. The van der Waals surface area contributed by atoms with Gasteiger partial charge in [0.1, 0.15) is 5.56 Å². The predicted molar refractivity (Wildman–Crippen MR) is 94.6 cm³/mol. The molecule has 3 rings (SSSR count). The molecule has 0 aliphatic carbocycles. The minimum atomic E-state index is -0.911. The largest absolute Gasteiger partial charge is 0.478 e. The van der Waals surface area contributed by atoms with Crippen LogP contribution in [0.4, 0.5) is 0 Å². The maximum absolute atomic E-state index is 11.4. The monoisotopic (exact) mass is 345 g/mol. The molecule has 0 fully saturated rings. The number of carboxylic acid groups (broad SMARTS) is 1. The van der Waals surface area contributed by atoms with Gasteiger partial charge in [0, 0.05) is 31.4 Å². The second kappa shape index (κ2) is 6.29. The molecule has 2 aromatic heterocycles. The quantitative estimate of drug-likeness (QED) is 0.922. The average Bonchev–Trinajstić information content (AvgIpc) is 3.10. The molecule has 0 bridgehead atoms. The van der Waals surface area contributed by atoms with Crippen molar-refractivity contribution in [1.82, 2.24) is 24.5 Å². The van der Waals surface area contributed by atoms with E-state index in [1.54, 1.807) is 0 Å². The Bertz CT molecular complexity index is 782. The van der Waals surface area contributed by atoms with Crippen LogP contribution >= 0.6 is 0 Å². The van der Waals surface area contributed by atoms with Gasteiger partial charge in [-0.25, -0.2) is 4.79 Å². The highest BCUT2D eigenvalue weighted by molar-refractivity contribution is 5.88. The number of carboxylic acids is 1. The molecule has 7 heteroatoms. The zero-order chi connectivity index (χ0) is 18.4. The van der Waals surface area contributed by atoms with Gasteiger partial charge >= 0.3 is 5.97 Å². The first-order chi connectivity index (χ1) is 11.7. The van der Waals surface area contributed by atoms with Crippen molar-refractivity contribution in [2.24, 2.45) is 0 Å². The first kappa shape index (κ1) is 17.7. The molecule has 0 atom stereocenters. The van der Waals surface area contributed by atoms with E-state index in [1.807, 2.05) is 9.36 Å². The summed E-state index contributed by atoms with van der Waals surface area (Å²) in [5, 5.41) is 18.3. The molecular formula is C18H27N5O2. The Kier molecular flexibility index (Phi) is 4.45. The Hall–Kier alpha value is -2.15. The van der Waals surface area contributed by atoms with Crippen molar-refractivity contribution in [2.75, 3.05) is 6.54 Å². The smallest absolute Gasteiger partial charge is 0.339 e. The van der Waals surface area contributed by atoms with Crippen LogP contribution in [0.1, 0.15) is 67.8 Å². The van der Waals surface area contributed by atoms with Crippen LogP contribution in [-0.2, 0) is 25.2 Å². The summed E-state index contributed by atoms with van der Waals surface area (Å²) >= 11 is 0. The van der Waals surface area contributed by atoms with E-state index in [-0.39, 0.29) is 5.54 Å². The summed E-state index contributed by atoms with van der Waals surface area (Å²) < 4.78 is 3.84. The summed E-state index contributed by atoms with van der Waals surface area (Å²) in [6, 6.07) is 0. The zero-order valence-electron chi connectivity index (χ0n) is 15.7.